The van der Waals surface area contributed by atoms with E-state index in [1.165, 1.54) is 17.2 Å². The number of aliphatic hydroxyl groups is 2. The largest absolute Gasteiger partial charge is 0.387 e. The number of ether oxygens (including phenoxy) is 1. The van der Waals surface area contributed by atoms with E-state index in [4.69, 9.17) is 10.5 Å². The minimum absolute atomic E-state index is 0.0176. The van der Waals surface area contributed by atoms with E-state index in [9.17, 15) is 19.8 Å². The number of imidazole rings is 1. The van der Waals surface area contributed by atoms with Crippen LogP contribution < -0.4 is 11.1 Å². The van der Waals surface area contributed by atoms with E-state index in [-0.39, 0.29) is 23.5 Å². The molecule has 3 heterocycles. The number of benzene rings is 1. The molecule has 2 aromatic heterocycles. The molecule has 13 heteroatoms. The van der Waals surface area contributed by atoms with Gasteiger partial charge in [-0.1, -0.05) is 22.0 Å². The molecular weight excluding hydrogens is 486 g/mol. The first kappa shape index (κ1) is 22.1. The number of carbonyl (C=O) groups is 2. The fraction of sp³-hybridized carbons (Fsp3) is 0.316. The molecule has 4 atom stereocenters. The number of nitrogens with one attached hydrogen (secondary N) is 1. The first-order valence-corrected chi connectivity index (χ1v) is 10.4. The number of nitrogens with zero attached hydrogens (tertiary/aromatic N) is 5. The molecule has 1 saturated heterocycles. The fourth-order valence-corrected chi connectivity index (χ4v) is 3.86. The minimum Gasteiger partial charge on any atom is -0.387 e. The average molecular weight is 506 g/mol. The zero-order valence-corrected chi connectivity index (χ0v) is 18.4. The van der Waals surface area contributed by atoms with Crippen LogP contribution in [0.3, 0.4) is 0 Å². The molecule has 0 aliphatic carbocycles. The van der Waals surface area contributed by atoms with Gasteiger partial charge >= 0.3 is 6.03 Å². The number of nitrogens with two attached hydrogens (primary N) is 1. The monoisotopic (exact) mass is 505 g/mol. The van der Waals surface area contributed by atoms with Crippen LogP contribution in [-0.4, -0.2) is 71.4 Å². The zero-order valence-electron chi connectivity index (χ0n) is 16.8. The molecule has 4 rings (SSSR count). The quantitative estimate of drug-likeness (QED) is 0.401. The van der Waals surface area contributed by atoms with Gasteiger partial charge in [-0.15, -0.1) is 0 Å². The van der Waals surface area contributed by atoms with Crippen LogP contribution in [0, 0.1) is 0 Å². The second-order valence-electron chi connectivity index (χ2n) is 7.03. The molecule has 0 saturated carbocycles. The van der Waals surface area contributed by atoms with Gasteiger partial charge in [-0.25, -0.2) is 19.7 Å². The molecule has 0 unspecified atom stereocenters. The fourth-order valence-electron chi connectivity index (χ4n) is 3.46. The SMILES string of the molecule is CCN(C(=O)Nc1cccc(Br)c1)C(=O)[C@H]1O[C@@H](n2cnc3c(N)ncnc32)[C@H](O)[C@@H]1O. The van der Waals surface area contributed by atoms with Crippen molar-refractivity contribution in [3.05, 3.63) is 41.4 Å². The third-order valence-electron chi connectivity index (χ3n) is 5.05. The van der Waals surface area contributed by atoms with Gasteiger partial charge in [-0.2, -0.15) is 0 Å². The van der Waals surface area contributed by atoms with Crippen molar-refractivity contribution in [2.45, 2.75) is 31.5 Å². The number of nitrogen functional groups attached to an aromatic ring is 1. The number of anilines is 2. The lowest BCUT2D eigenvalue weighted by molar-refractivity contribution is -0.145. The third kappa shape index (κ3) is 3.90. The van der Waals surface area contributed by atoms with E-state index in [0.717, 1.165) is 9.37 Å². The zero-order chi connectivity index (χ0) is 23.0. The number of halogens is 1. The third-order valence-corrected chi connectivity index (χ3v) is 5.54. The highest BCUT2D eigenvalue weighted by Crippen LogP contribution is 2.33. The van der Waals surface area contributed by atoms with Crippen LogP contribution in [0.15, 0.2) is 41.4 Å². The summed E-state index contributed by atoms with van der Waals surface area (Å²) < 4.78 is 7.79. The molecule has 1 aliphatic heterocycles. The Kier molecular flexibility index (Phi) is 6.06. The number of fused-ring (bicyclic) bond motifs is 1. The van der Waals surface area contributed by atoms with E-state index >= 15 is 0 Å². The Bertz CT molecular complexity index is 1170. The summed E-state index contributed by atoms with van der Waals surface area (Å²) in [6.45, 7) is 1.63. The van der Waals surface area contributed by atoms with Gasteiger partial charge in [0.2, 0.25) is 0 Å². The number of rotatable bonds is 4. The summed E-state index contributed by atoms with van der Waals surface area (Å²) in [5.41, 5.74) is 6.81. The van der Waals surface area contributed by atoms with Gasteiger partial charge in [-0.3, -0.25) is 14.3 Å². The Balaban J connectivity index is 1.55. The summed E-state index contributed by atoms with van der Waals surface area (Å²) in [6, 6.07) is 6.17. The summed E-state index contributed by atoms with van der Waals surface area (Å²) in [5, 5.41) is 23.7. The van der Waals surface area contributed by atoms with E-state index < -0.39 is 36.5 Å². The maximum atomic E-state index is 13.1. The highest BCUT2D eigenvalue weighted by molar-refractivity contribution is 9.10. The highest BCUT2D eigenvalue weighted by Gasteiger charge is 2.49. The van der Waals surface area contributed by atoms with Crippen molar-refractivity contribution >= 4 is 50.5 Å². The van der Waals surface area contributed by atoms with Crippen molar-refractivity contribution in [3.8, 4) is 0 Å². The lowest BCUT2D eigenvalue weighted by atomic mass is 10.1. The Morgan fingerprint density at radius 3 is 2.78 bits per heavy atom. The summed E-state index contributed by atoms with van der Waals surface area (Å²) in [4.78, 5) is 38.7. The highest BCUT2D eigenvalue weighted by atomic mass is 79.9. The van der Waals surface area contributed by atoms with Crippen LogP contribution in [0.2, 0.25) is 0 Å². The van der Waals surface area contributed by atoms with Crippen molar-refractivity contribution in [1.29, 1.82) is 0 Å². The van der Waals surface area contributed by atoms with E-state index in [0.29, 0.717) is 5.69 Å². The molecule has 12 nitrogen and oxygen atoms in total. The van der Waals surface area contributed by atoms with Crippen LogP contribution in [0.25, 0.3) is 11.2 Å². The maximum Gasteiger partial charge on any atom is 0.328 e. The number of urea groups is 1. The second-order valence-corrected chi connectivity index (χ2v) is 7.95. The number of aliphatic hydroxyl groups excluding tert-OH is 2. The molecule has 5 N–H and O–H groups in total. The molecule has 3 aromatic rings. The molecule has 0 spiro atoms. The second kappa shape index (κ2) is 8.78. The van der Waals surface area contributed by atoms with Crippen LogP contribution in [0.5, 0.6) is 0 Å². The standard InChI is InChI=1S/C19H20BrN7O5/c1-2-26(19(31)25-10-5-3-4-9(20)6-10)17(30)14-12(28)13(29)18(32-14)27-8-24-11-15(21)22-7-23-16(11)27/h3-8,12-14,18,28-29H,2H2,1H3,(H,25,31)(H2,21,22,23)/t12-,13+,14-,18+/m0/s1. The number of aromatic nitrogens is 4. The first-order chi connectivity index (χ1) is 15.3. The number of hydrogen-bond acceptors (Lipinski definition) is 9. The van der Waals surface area contributed by atoms with Gasteiger partial charge in [0, 0.05) is 16.7 Å². The van der Waals surface area contributed by atoms with Gasteiger partial charge in [-0.05, 0) is 25.1 Å². The number of carbonyl (C=O) groups excluding carboxylic acids is 2. The molecule has 3 amide bonds. The smallest absolute Gasteiger partial charge is 0.328 e. The molecule has 1 fully saturated rings. The lowest BCUT2D eigenvalue weighted by Gasteiger charge is -2.24. The molecule has 0 bridgehead atoms. The van der Waals surface area contributed by atoms with Crippen molar-refractivity contribution in [3.63, 3.8) is 0 Å². The molecule has 168 valence electrons. The average Bonchev–Trinajstić information content (AvgIpc) is 3.31. The van der Waals surface area contributed by atoms with Crippen LogP contribution in [-0.2, 0) is 9.53 Å². The Labute approximate surface area is 190 Å². The minimum atomic E-state index is -1.59. The van der Waals surface area contributed by atoms with Gasteiger partial charge in [0.15, 0.2) is 23.8 Å². The molecule has 1 aliphatic rings. The molecule has 32 heavy (non-hydrogen) atoms. The normalized spacial score (nSPS) is 22.8. The van der Waals surface area contributed by atoms with Crippen molar-refractivity contribution in [1.82, 2.24) is 24.4 Å². The van der Waals surface area contributed by atoms with Crippen LogP contribution in [0.1, 0.15) is 13.2 Å². The van der Waals surface area contributed by atoms with Gasteiger partial charge in [0.25, 0.3) is 5.91 Å². The summed E-state index contributed by atoms with van der Waals surface area (Å²) in [7, 11) is 0. The van der Waals surface area contributed by atoms with Gasteiger partial charge in [0.1, 0.15) is 24.1 Å². The number of hydrogen-bond donors (Lipinski definition) is 4. The predicted octanol–water partition coefficient (Wildman–Crippen LogP) is 0.871. The Hall–Kier alpha value is -3.13. The van der Waals surface area contributed by atoms with Crippen LogP contribution >= 0.6 is 15.9 Å². The van der Waals surface area contributed by atoms with Crippen LogP contribution in [0.4, 0.5) is 16.3 Å². The van der Waals surface area contributed by atoms with E-state index in [1.807, 2.05) is 0 Å². The Morgan fingerprint density at radius 1 is 1.28 bits per heavy atom. The van der Waals surface area contributed by atoms with Gasteiger partial charge < -0.3 is 26.0 Å². The topological polar surface area (TPSA) is 169 Å². The number of likely N-dealkylation sites (N-methyl/N-ethyl adjacent to an activating group) is 1. The predicted molar refractivity (Wildman–Crippen MR) is 116 cm³/mol. The van der Waals surface area contributed by atoms with Crippen molar-refractivity contribution < 1.29 is 24.5 Å². The number of amides is 3. The summed E-state index contributed by atoms with van der Waals surface area (Å²) in [6.07, 6.45) is -3.19. The van der Waals surface area contributed by atoms with E-state index in [1.54, 1.807) is 31.2 Å². The number of imide groups is 1. The lowest BCUT2D eigenvalue weighted by Crippen LogP contribution is -2.49. The van der Waals surface area contributed by atoms with Crippen molar-refractivity contribution in [2.75, 3.05) is 17.6 Å². The maximum absolute atomic E-state index is 13.1. The molecular formula is C19H20BrN7O5. The van der Waals surface area contributed by atoms with Gasteiger partial charge in [0.05, 0.1) is 6.33 Å². The summed E-state index contributed by atoms with van der Waals surface area (Å²) >= 11 is 3.31. The summed E-state index contributed by atoms with van der Waals surface area (Å²) in [5.74, 6) is -0.664. The van der Waals surface area contributed by atoms with E-state index in [2.05, 4.69) is 36.2 Å². The van der Waals surface area contributed by atoms with Crippen molar-refractivity contribution in [2.24, 2.45) is 0 Å². The molecule has 0 radical (unpaired) electrons. The Morgan fingerprint density at radius 2 is 2.06 bits per heavy atom. The molecule has 1 aromatic carbocycles. The first-order valence-electron chi connectivity index (χ1n) is 9.64.